The highest BCUT2D eigenvalue weighted by Crippen LogP contribution is 2.25. The second-order valence-corrected chi connectivity index (χ2v) is 8.09. The number of aryl methyl sites for hydroxylation is 1. The first kappa shape index (κ1) is 22.3. The minimum atomic E-state index is -0.813. The first-order valence-electron chi connectivity index (χ1n) is 10.9. The van der Waals surface area contributed by atoms with Gasteiger partial charge in [0.05, 0.1) is 24.7 Å². The fourth-order valence-electron chi connectivity index (χ4n) is 3.79. The summed E-state index contributed by atoms with van der Waals surface area (Å²) in [6.45, 7) is 4.96. The Bertz CT molecular complexity index is 1260. The molecule has 0 amide bonds. The molecule has 0 unspecified atom stereocenters. The van der Waals surface area contributed by atoms with Crippen LogP contribution in [0, 0.1) is 6.92 Å². The summed E-state index contributed by atoms with van der Waals surface area (Å²) in [7, 11) is 0. The van der Waals surface area contributed by atoms with Crippen molar-refractivity contribution >= 4 is 16.9 Å². The van der Waals surface area contributed by atoms with Crippen molar-refractivity contribution in [3.05, 3.63) is 102 Å². The number of ether oxygens (including phenoxy) is 1. The Hall–Kier alpha value is -3.93. The van der Waals surface area contributed by atoms with Gasteiger partial charge < -0.3 is 9.84 Å². The summed E-state index contributed by atoms with van der Waals surface area (Å²) in [6.07, 6.45) is 7.62. The number of rotatable bonds is 9. The topological polar surface area (TPSA) is 77.2 Å². The third-order valence-corrected chi connectivity index (χ3v) is 5.55. The van der Waals surface area contributed by atoms with Gasteiger partial charge in [-0.15, -0.1) is 0 Å². The summed E-state index contributed by atoms with van der Waals surface area (Å²) >= 11 is 0. The molecule has 1 N–H and O–H groups in total. The fourth-order valence-corrected chi connectivity index (χ4v) is 3.79. The lowest BCUT2D eigenvalue weighted by atomic mass is 9.95. The minimum Gasteiger partial charge on any atom is -0.489 e. The molecule has 2 aromatic heterocycles. The summed E-state index contributed by atoms with van der Waals surface area (Å²) in [5.74, 6) is -0.215. The van der Waals surface area contributed by atoms with E-state index in [1.54, 1.807) is 0 Å². The van der Waals surface area contributed by atoms with E-state index in [0.29, 0.717) is 13.2 Å². The number of carbonyl (C=O) groups is 1. The van der Waals surface area contributed by atoms with Crippen molar-refractivity contribution in [1.29, 1.82) is 0 Å². The van der Waals surface area contributed by atoms with E-state index in [0.717, 1.165) is 39.0 Å². The number of pyridine rings is 1. The van der Waals surface area contributed by atoms with Crippen LogP contribution in [0.5, 0.6) is 5.75 Å². The van der Waals surface area contributed by atoms with Gasteiger partial charge in [0, 0.05) is 23.2 Å². The van der Waals surface area contributed by atoms with Crippen LogP contribution in [0.3, 0.4) is 0 Å². The molecule has 4 rings (SSSR count). The predicted molar refractivity (Wildman–Crippen MR) is 128 cm³/mol. The van der Waals surface area contributed by atoms with Gasteiger partial charge in [-0.2, -0.15) is 5.10 Å². The van der Waals surface area contributed by atoms with E-state index < -0.39 is 5.97 Å². The number of carboxylic acid groups (broad SMARTS) is 1. The lowest BCUT2D eigenvalue weighted by Crippen LogP contribution is -2.04. The van der Waals surface area contributed by atoms with Crippen LogP contribution in [0.4, 0.5) is 0 Å². The Morgan fingerprint density at radius 3 is 2.58 bits per heavy atom. The molecule has 168 valence electrons. The maximum atomic E-state index is 11.1. The van der Waals surface area contributed by atoms with Gasteiger partial charge in [-0.05, 0) is 54.8 Å². The molecule has 0 saturated heterocycles. The van der Waals surface area contributed by atoms with Crippen LogP contribution in [0.1, 0.15) is 41.6 Å². The van der Waals surface area contributed by atoms with Crippen molar-refractivity contribution in [2.45, 2.75) is 39.3 Å². The number of carboxylic acids is 1. The van der Waals surface area contributed by atoms with Gasteiger partial charge in [-0.25, -0.2) is 0 Å². The molecule has 0 aliphatic heterocycles. The largest absolute Gasteiger partial charge is 0.489 e. The Morgan fingerprint density at radius 2 is 1.88 bits per heavy atom. The molecule has 0 fully saturated rings. The molecule has 0 saturated carbocycles. The summed E-state index contributed by atoms with van der Waals surface area (Å²) in [4.78, 5) is 15.5. The maximum Gasteiger partial charge on any atom is 0.304 e. The van der Waals surface area contributed by atoms with E-state index in [9.17, 15) is 4.79 Å². The molecule has 1 atom stereocenters. The van der Waals surface area contributed by atoms with Crippen LogP contribution >= 0.6 is 0 Å². The fraction of sp³-hybridized carbons (Fsp3) is 0.222. The molecular formula is C27H27N3O3. The quantitative estimate of drug-likeness (QED) is 0.347. The van der Waals surface area contributed by atoms with E-state index in [1.165, 1.54) is 0 Å². The number of fused-ring (bicyclic) bond motifs is 1. The maximum absolute atomic E-state index is 11.1. The Kier molecular flexibility index (Phi) is 6.83. The first-order valence-corrected chi connectivity index (χ1v) is 10.9. The number of hydrogen-bond donors (Lipinski definition) is 1. The number of nitrogens with zero attached hydrogens (tertiary/aromatic N) is 3. The highest BCUT2D eigenvalue weighted by Gasteiger charge is 2.12. The Morgan fingerprint density at radius 1 is 1.09 bits per heavy atom. The molecule has 0 bridgehead atoms. The molecule has 0 radical (unpaired) electrons. The lowest BCUT2D eigenvalue weighted by Gasteiger charge is -2.12. The summed E-state index contributed by atoms with van der Waals surface area (Å²) in [5, 5.41) is 14.8. The minimum absolute atomic E-state index is 0.0664. The molecule has 0 aliphatic rings. The SMILES string of the molecule is CC=C[C@H](CC(=O)O)c1ccc(OCc2ccc3cnn(Cc4ccc(C)nc4)c3c2)cc1. The highest BCUT2D eigenvalue weighted by molar-refractivity contribution is 5.79. The molecule has 33 heavy (non-hydrogen) atoms. The van der Waals surface area contributed by atoms with E-state index in [1.807, 2.05) is 79.5 Å². The van der Waals surface area contributed by atoms with Gasteiger partial charge in [0.1, 0.15) is 12.4 Å². The molecule has 6 heteroatoms. The molecule has 2 aromatic carbocycles. The standard InChI is InChI=1S/C27H27N3O3/c1-3-4-23(14-27(31)32)22-9-11-25(12-10-22)33-18-20-7-8-24-16-29-30(26(24)13-20)17-21-6-5-19(2)28-15-21/h3-13,15-16,23H,14,17-18H2,1-2H3,(H,31,32)/t23-/m1/s1. The van der Waals surface area contributed by atoms with E-state index in [-0.39, 0.29) is 12.3 Å². The number of hydrogen-bond acceptors (Lipinski definition) is 4. The monoisotopic (exact) mass is 441 g/mol. The summed E-state index contributed by atoms with van der Waals surface area (Å²) in [6, 6.07) is 17.9. The normalized spacial score (nSPS) is 12.3. The predicted octanol–water partition coefficient (Wildman–Crippen LogP) is 5.50. The molecule has 6 nitrogen and oxygen atoms in total. The number of benzene rings is 2. The van der Waals surface area contributed by atoms with Gasteiger partial charge >= 0.3 is 5.97 Å². The number of aromatic nitrogens is 3. The second-order valence-electron chi connectivity index (χ2n) is 8.09. The zero-order chi connectivity index (χ0) is 23.2. The van der Waals surface area contributed by atoms with Crippen LogP contribution in [-0.4, -0.2) is 25.8 Å². The number of allylic oxidation sites excluding steroid dienone is 2. The smallest absolute Gasteiger partial charge is 0.304 e. The van der Waals surface area contributed by atoms with Gasteiger partial charge in [0.15, 0.2) is 0 Å². The Labute approximate surface area is 193 Å². The van der Waals surface area contributed by atoms with Crippen LogP contribution in [-0.2, 0) is 17.9 Å². The average Bonchev–Trinajstić information content (AvgIpc) is 3.21. The molecule has 0 aliphatic carbocycles. The first-order chi connectivity index (χ1) is 16.0. The summed E-state index contributed by atoms with van der Waals surface area (Å²) in [5.41, 5.74) is 5.16. The van der Waals surface area contributed by atoms with Gasteiger partial charge in [0.2, 0.25) is 0 Å². The van der Waals surface area contributed by atoms with Crippen LogP contribution in [0.15, 0.2) is 79.1 Å². The van der Waals surface area contributed by atoms with E-state index >= 15 is 0 Å². The van der Waals surface area contributed by atoms with E-state index in [4.69, 9.17) is 9.84 Å². The van der Waals surface area contributed by atoms with Crippen molar-refractivity contribution in [3.63, 3.8) is 0 Å². The van der Waals surface area contributed by atoms with Crippen LogP contribution in [0.2, 0.25) is 0 Å². The van der Waals surface area contributed by atoms with E-state index in [2.05, 4.69) is 28.3 Å². The van der Waals surface area contributed by atoms with Gasteiger partial charge in [0.25, 0.3) is 0 Å². The zero-order valence-corrected chi connectivity index (χ0v) is 18.8. The van der Waals surface area contributed by atoms with Crippen LogP contribution < -0.4 is 4.74 Å². The lowest BCUT2D eigenvalue weighted by molar-refractivity contribution is -0.137. The highest BCUT2D eigenvalue weighted by atomic mass is 16.5. The number of aliphatic carboxylic acids is 1. The third kappa shape index (κ3) is 5.66. The van der Waals surface area contributed by atoms with Crippen molar-refractivity contribution in [2.75, 3.05) is 0 Å². The average molecular weight is 442 g/mol. The Balaban J connectivity index is 1.44. The zero-order valence-electron chi connectivity index (χ0n) is 18.8. The molecule has 2 heterocycles. The van der Waals surface area contributed by atoms with Gasteiger partial charge in [-0.1, -0.05) is 42.5 Å². The third-order valence-electron chi connectivity index (χ3n) is 5.55. The molecule has 0 spiro atoms. The summed E-state index contributed by atoms with van der Waals surface area (Å²) < 4.78 is 7.97. The van der Waals surface area contributed by atoms with Crippen molar-refractivity contribution in [2.24, 2.45) is 0 Å². The molecular weight excluding hydrogens is 414 g/mol. The molecule has 4 aromatic rings. The van der Waals surface area contributed by atoms with Crippen molar-refractivity contribution in [3.8, 4) is 5.75 Å². The van der Waals surface area contributed by atoms with Gasteiger partial charge in [-0.3, -0.25) is 14.5 Å². The van der Waals surface area contributed by atoms with Crippen molar-refractivity contribution < 1.29 is 14.6 Å². The van der Waals surface area contributed by atoms with Crippen LogP contribution in [0.25, 0.3) is 10.9 Å². The van der Waals surface area contributed by atoms with Crippen molar-refractivity contribution in [1.82, 2.24) is 14.8 Å². The second kappa shape index (κ2) is 10.1.